The van der Waals surface area contributed by atoms with Gasteiger partial charge >= 0.3 is 0 Å². The molecule has 0 amide bonds. The highest BCUT2D eigenvalue weighted by Gasteiger charge is 2.41. The van der Waals surface area contributed by atoms with Crippen LogP contribution in [-0.2, 0) is 0 Å². The van der Waals surface area contributed by atoms with Gasteiger partial charge in [-0.2, -0.15) is 0 Å². The predicted octanol–water partition coefficient (Wildman–Crippen LogP) is 5.93. The summed E-state index contributed by atoms with van der Waals surface area (Å²) in [6, 6.07) is 0. The number of hydrogen-bond donors (Lipinski definition) is 0. The maximum absolute atomic E-state index is 4.19. The molecule has 0 nitrogen and oxygen atoms in total. The molecule has 2 fully saturated rings. The minimum atomic E-state index is 0.541. The molecule has 2 aliphatic rings. The van der Waals surface area contributed by atoms with Gasteiger partial charge in [0.2, 0.25) is 0 Å². The lowest BCUT2D eigenvalue weighted by Gasteiger charge is -2.47. The van der Waals surface area contributed by atoms with E-state index in [-0.39, 0.29) is 0 Å². The molecular weight excluding hydrogens is 235 g/mol. The molecule has 0 aromatic carbocycles. The fourth-order valence-electron chi connectivity index (χ4n) is 4.64. The van der Waals surface area contributed by atoms with E-state index in [0.29, 0.717) is 5.41 Å². The molecule has 0 aromatic heterocycles. The number of hydrogen-bond acceptors (Lipinski definition) is 0. The van der Waals surface area contributed by atoms with Crippen LogP contribution in [0, 0.1) is 17.3 Å². The van der Waals surface area contributed by atoms with Crippen molar-refractivity contribution in [2.45, 2.75) is 77.6 Å². The second-order valence-electron chi connectivity index (χ2n) is 7.01. The van der Waals surface area contributed by atoms with Crippen LogP contribution in [0.15, 0.2) is 11.9 Å². The van der Waals surface area contributed by atoms with E-state index in [9.17, 15) is 0 Å². The quantitative estimate of drug-likeness (QED) is 0.553. The Bertz CT molecular complexity index is 251. The molecule has 1 heteroatoms. The van der Waals surface area contributed by atoms with Crippen LogP contribution in [0.1, 0.15) is 77.6 Å². The van der Waals surface area contributed by atoms with E-state index < -0.39 is 0 Å². The van der Waals surface area contributed by atoms with Crippen LogP contribution in [0.3, 0.4) is 0 Å². The molecule has 0 bridgehead atoms. The lowest BCUT2D eigenvalue weighted by atomic mass is 9.58. The van der Waals surface area contributed by atoms with Gasteiger partial charge in [-0.05, 0) is 49.4 Å². The van der Waals surface area contributed by atoms with Gasteiger partial charge < -0.3 is 0 Å². The standard InChI is InChI=1S/C17H31P/c1-14(18)13-17(2,15-9-5-3-6-10-15)16-11-7-4-8-12-16/h15-16H,1,3-13,18H2,2H3. The molecule has 2 rings (SSSR count). The molecule has 0 heterocycles. The fourth-order valence-corrected chi connectivity index (χ4v) is 5.08. The maximum Gasteiger partial charge on any atom is -0.0226 e. The Kier molecular flexibility index (Phi) is 5.31. The summed E-state index contributed by atoms with van der Waals surface area (Å²) < 4.78 is 0. The first-order valence-corrected chi connectivity index (χ1v) is 8.64. The third kappa shape index (κ3) is 3.38. The summed E-state index contributed by atoms with van der Waals surface area (Å²) in [4.78, 5) is 0. The van der Waals surface area contributed by atoms with Crippen molar-refractivity contribution in [1.29, 1.82) is 0 Å². The Hall–Kier alpha value is 0.170. The minimum Gasteiger partial charge on any atom is -0.111 e. The smallest absolute Gasteiger partial charge is 0.0226 e. The first-order valence-electron chi connectivity index (χ1n) is 8.06. The van der Waals surface area contributed by atoms with Crippen LogP contribution in [0.5, 0.6) is 0 Å². The summed E-state index contributed by atoms with van der Waals surface area (Å²) in [5, 5.41) is 1.33. The van der Waals surface area contributed by atoms with Crippen molar-refractivity contribution in [3.05, 3.63) is 11.9 Å². The molecule has 0 aromatic rings. The molecule has 104 valence electrons. The Morgan fingerprint density at radius 2 is 1.33 bits per heavy atom. The predicted molar refractivity (Wildman–Crippen MR) is 84.7 cm³/mol. The van der Waals surface area contributed by atoms with Gasteiger partial charge in [0.25, 0.3) is 0 Å². The first kappa shape index (κ1) is 14.6. The topological polar surface area (TPSA) is 0 Å². The second-order valence-corrected chi connectivity index (χ2v) is 7.83. The van der Waals surface area contributed by atoms with E-state index in [2.05, 4.69) is 22.7 Å². The zero-order chi connectivity index (χ0) is 13.0. The van der Waals surface area contributed by atoms with E-state index in [0.717, 1.165) is 11.8 Å². The monoisotopic (exact) mass is 266 g/mol. The average Bonchev–Trinajstić information content (AvgIpc) is 2.40. The number of rotatable bonds is 4. The van der Waals surface area contributed by atoms with Gasteiger partial charge in [-0.25, -0.2) is 0 Å². The Balaban J connectivity index is 2.11. The molecule has 0 N–H and O–H groups in total. The molecule has 0 radical (unpaired) electrons. The Labute approximate surface area is 116 Å². The van der Waals surface area contributed by atoms with Gasteiger partial charge in [0.05, 0.1) is 0 Å². The zero-order valence-corrected chi connectivity index (χ0v) is 13.4. The van der Waals surface area contributed by atoms with Crippen molar-refractivity contribution in [2.75, 3.05) is 0 Å². The van der Waals surface area contributed by atoms with Crippen LogP contribution in [-0.4, -0.2) is 0 Å². The third-order valence-electron chi connectivity index (χ3n) is 5.68. The molecule has 1 atom stereocenters. The van der Waals surface area contributed by atoms with E-state index in [1.807, 2.05) is 0 Å². The van der Waals surface area contributed by atoms with E-state index in [4.69, 9.17) is 0 Å². The van der Waals surface area contributed by atoms with Crippen molar-refractivity contribution in [3.8, 4) is 0 Å². The van der Waals surface area contributed by atoms with Crippen LogP contribution in [0.4, 0.5) is 0 Å². The van der Waals surface area contributed by atoms with Gasteiger partial charge in [0, 0.05) is 0 Å². The van der Waals surface area contributed by atoms with E-state index in [1.165, 1.54) is 75.9 Å². The summed E-state index contributed by atoms with van der Waals surface area (Å²) in [5.74, 6) is 1.93. The number of allylic oxidation sites excluding steroid dienone is 1. The van der Waals surface area contributed by atoms with Crippen LogP contribution >= 0.6 is 9.24 Å². The molecule has 1 unspecified atom stereocenters. The Morgan fingerprint density at radius 1 is 0.944 bits per heavy atom. The molecule has 0 aliphatic heterocycles. The van der Waals surface area contributed by atoms with Crippen molar-refractivity contribution in [2.24, 2.45) is 17.3 Å². The first-order chi connectivity index (χ1) is 8.63. The van der Waals surface area contributed by atoms with Crippen molar-refractivity contribution in [3.63, 3.8) is 0 Å². The zero-order valence-electron chi connectivity index (χ0n) is 12.2. The van der Waals surface area contributed by atoms with Crippen LogP contribution in [0.25, 0.3) is 0 Å². The summed E-state index contributed by atoms with van der Waals surface area (Å²) in [7, 11) is 2.87. The normalized spacial score (nSPS) is 24.1. The highest BCUT2D eigenvalue weighted by atomic mass is 31.0. The van der Waals surface area contributed by atoms with Gasteiger partial charge in [-0.15, -0.1) is 9.24 Å². The van der Waals surface area contributed by atoms with Crippen LogP contribution in [0.2, 0.25) is 0 Å². The highest BCUT2D eigenvalue weighted by Crippen LogP contribution is 2.52. The van der Waals surface area contributed by atoms with Crippen LogP contribution < -0.4 is 0 Å². The summed E-state index contributed by atoms with van der Waals surface area (Å²) in [6.07, 6.45) is 16.0. The Morgan fingerprint density at radius 3 is 1.67 bits per heavy atom. The average molecular weight is 266 g/mol. The summed E-state index contributed by atoms with van der Waals surface area (Å²) >= 11 is 0. The van der Waals surface area contributed by atoms with E-state index in [1.54, 1.807) is 0 Å². The fraction of sp³-hybridized carbons (Fsp3) is 0.882. The second kappa shape index (κ2) is 6.56. The summed E-state index contributed by atoms with van der Waals surface area (Å²) in [6.45, 7) is 6.78. The van der Waals surface area contributed by atoms with Crippen molar-refractivity contribution in [1.82, 2.24) is 0 Å². The lowest BCUT2D eigenvalue weighted by molar-refractivity contribution is 0.0420. The van der Waals surface area contributed by atoms with Gasteiger partial charge in [-0.3, -0.25) is 0 Å². The van der Waals surface area contributed by atoms with Gasteiger partial charge in [-0.1, -0.05) is 57.3 Å². The third-order valence-corrected chi connectivity index (χ3v) is 5.89. The summed E-state index contributed by atoms with van der Waals surface area (Å²) in [5.41, 5.74) is 0.541. The van der Waals surface area contributed by atoms with Gasteiger partial charge in [0.15, 0.2) is 0 Å². The largest absolute Gasteiger partial charge is 0.111 e. The molecule has 18 heavy (non-hydrogen) atoms. The van der Waals surface area contributed by atoms with Crippen molar-refractivity contribution >= 4 is 9.24 Å². The lowest BCUT2D eigenvalue weighted by Crippen LogP contribution is -2.37. The van der Waals surface area contributed by atoms with Gasteiger partial charge in [0.1, 0.15) is 0 Å². The molecule has 2 aliphatic carbocycles. The van der Waals surface area contributed by atoms with Crippen molar-refractivity contribution < 1.29 is 0 Å². The molecule has 0 spiro atoms. The molecule has 2 saturated carbocycles. The maximum atomic E-state index is 4.19. The SMILES string of the molecule is C=C(P)CC(C)(C1CCCCC1)C1CCCCC1. The minimum absolute atomic E-state index is 0.541. The highest BCUT2D eigenvalue weighted by molar-refractivity contribution is 7.22. The van der Waals surface area contributed by atoms with E-state index >= 15 is 0 Å². The molecular formula is C17H31P. The molecule has 0 saturated heterocycles.